The predicted molar refractivity (Wildman–Crippen MR) is 62.0 cm³/mol. The fraction of sp³-hybridized carbons (Fsp3) is 0.273. The lowest BCUT2D eigenvalue weighted by molar-refractivity contribution is -0.118. The van der Waals surface area contributed by atoms with Crippen molar-refractivity contribution >= 4 is 29.1 Å². The van der Waals surface area contributed by atoms with Crippen molar-refractivity contribution in [2.45, 2.75) is 13.8 Å². The van der Waals surface area contributed by atoms with Gasteiger partial charge < -0.3 is 5.32 Å². The summed E-state index contributed by atoms with van der Waals surface area (Å²) in [7, 11) is 0. The van der Waals surface area contributed by atoms with Crippen molar-refractivity contribution in [3.63, 3.8) is 0 Å². The van der Waals surface area contributed by atoms with Gasteiger partial charge in [-0.25, -0.2) is 0 Å². The number of nitrogens with one attached hydrogen (secondary N) is 1. The number of hydrogen-bond donors (Lipinski definition) is 1. The summed E-state index contributed by atoms with van der Waals surface area (Å²) in [5.41, 5.74) is 0.996. The molecular weight excluding hydrogens is 210 g/mol. The Morgan fingerprint density at radius 3 is 2.73 bits per heavy atom. The number of hydrogen-bond acceptors (Lipinski definition) is 3. The average molecular weight is 223 g/mol. The molecule has 0 aliphatic rings. The van der Waals surface area contributed by atoms with Gasteiger partial charge in [-0.1, -0.05) is 12.2 Å². The molecule has 0 spiro atoms. The summed E-state index contributed by atoms with van der Waals surface area (Å²) in [4.78, 5) is 22.3. The molecule has 0 unspecified atom stereocenters. The standard InChI is InChI=1S/C11H13NO2S/c1-8(13)11-6-10(7-15-11)4-3-5-12-9(2)14/h3-4,6-7H,5H2,1-2H3,(H,12,14). The van der Waals surface area contributed by atoms with E-state index in [1.165, 1.54) is 18.3 Å². The maximum absolute atomic E-state index is 11.0. The molecule has 0 aromatic carbocycles. The molecule has 3 nitrogen and oxygen atoms in total. The summed E-state index contributed by atoms with van der Waals surface area (Å²) < 4.78 is 0. The number of carbonyl (C=O) groups excluding carboxylic acids is 2. The molecule has 80 valence electrons. The third-order valence-electron chi connectivity index (χ3n) is 1.75. The molecule has 1 aromatic rings. The molecular formula is C11H13NO2S. The van der Waals surface area contributed by atoms with Crippen molar-refractivity contribution in [1.29, 1.82) is 0 Å². The minimum absolute atomic E-state index is 0.0469. The number of amides is 1. The van der Waals surface area contributed by atoms with Crippen LogP contribution in [-0.4, -0.2) is 18.2 Å². The van der Waals surface area contributed by atoms with Crippen LogP contribution in [0.1, 0.15) is 29.1 Å². The smallest absolute Gasteiger partial charge is 0.217 e. The molecule has 0 aliphatic carbocycles. The summed E-state index contributed by atoms with van der Waals surface area (Å²) in [5.74, 6) is 0.0379. The Hall–Kier alpha value is -1.42. The summed E-state index contributed by atoms with van der Waals surface area (Å²) >= 11 is 1.43. The molecule has 0 aliphatic heterocycles. The highest BCUT2D eigenvalue weighted by atomic mass is 32.1. The first-order chi connectivity index (χ1) is 7.09. The molecule has 1 heterocycles. The molecule has 1 aromatic heterocycles. The Morgan fingerprint density at radius 2 is 2.20 bits per heavy atom. The highest BCUT2D eigenvalue weighted by Gasteiger charge is 2.01. The van der Waals surface area contributed by atoms with Crippen molar-refractivity contribution < 1.29 is 9.59 Å². The summed E-state index contributed by atoms with van der Waals surface area (Å²) in [6, 6.07) is 1.84. The van der Waals surface area contributed by atoms with E-state index in [2.05, 4.69) is 5.32 Å². The highest BCUT2D eigenvalue weighted by Crippen LogP contribution is 2.16. The van der Waals surface area contributed by atoms with Crippen LogP contribution in [0.4, 0.5) is 0 Å². The largest absolute Gasteiger partial charge is 0.353 e. The minimum atomic E-state index is -0.0469. The molecule has 0 saturated carbocycles. The fourth-order valence-corrected chi connectivity index (χ4v) is 1.80. The molecule has 0 bridgehead atoms. The topological polar surface area (TPSA) is 46.2 Å². The monoisotopic (exact) mass is 223 g/mol. The van der Waals surface area contributed by atoms with Crippen molar-refractivity contribution in [2.75, 3.05) is 6.54 Å². The van der Waals surface area contributed by atoms with Crippen LogP contribution in [0.3, 0.4) is 0 Å². The molecule has 0 atom stereocenters. The molecule has 1 N–H and O–H groups in total. The Kier molecular flexibility index (Phi) is 4.24. The third kappa shape index (κ3) is 4.08. The second-order valence-electron chi connectivity index (χ2n) is 3.14. The third-order valence-corrected chi connectivity index (χ3v) is 2.80. The van der Waals surface area contributed by atoms with E-state index in [0.29, 0.717) is 6.54 Å². The Balaban J connectivity index is 2.50. The number of rotatable bonds is 4. The van der Waals surface area contributed by atoms with Gasteiger partial charge in [-0.2, -0.15) is 0 Å². The molecule has 0 saturated heterocycles. The van der Waals surface area contributed by atoms with Crippen LogP contribution in [0.15, 0.2) is 17.5 Å². The van der Waals surface area contributed by atoms with Gasteiger partial charge in [-0.15, -0.1) is 11.3 Å². The van der Waals surface area contributed by atoms with Crippen molar-refractivity contribution in [1.82, 2.24) is 5.32 Å². The lowest BCUT2D eigenvalue weighted by Gasteiger charge is -1.93. The van der Waals surface area contributed by atoms with Crippen LogP contribution in [0.2, 0.25) is 0 Å². The number of ketones is 1. The molecule has 4 heteroatoms. The second-order valence-corrected chi connectivity index (χ2v) is 4.05. The van der Waals surface area contributed by atoms with Crippen LogP contribution in [0, 0.1) is 0 Å². The van der Waals surface area contributed by atoms with Gasteiger partial charge in [-0.05, 0) is 23.9 Å². The SMILES string of the molecule is CC(=O)NCC=Cc1csc(C(C)=O)c1. The number of Topliss-reactive ketones (excluding diaryl/α,β-unsaturated/α-hetero) is 1. The van der Waals surface area contributed by atoms with Gasteiger partial charge in [0, 0.05) is 13.5 Å². The normalized spacial score (nSPS) is 10.5. The maximum atomic E-state index is 11.0. The first-order valence-corrected chi connectivity index (χ1v) is 5.48. The van der Waals surface area contributed by atoms with Crippen molar-refractivity contribution in [3.05, 3.63) is 28.0 Å². The fourth-order valence-electron chi connectivity index (χ4n) is 1.02. The summed E-state index contributed by atoms with van der Waals surface area (Å²) in [6.45, 7) is 3.55. The highest BCUT2D eigenvalue weighted by molar-refractivity contribution is 7.12. The van der Waals surface area contributed by atoms with Gasteiger partial charge in [0.15, 0.2) is 5.78 Å². The van der Waals surface area contributed by atoms with E-state index in [1.54, 1.807) is 6.92 Å². The molecule has 0 radical (unpaired) electrons. The van der Waals surface area contributed by atoms with Gasteiger partial charge in [0.1, 0.15) is 0 Å². The van der Waals surface area contributed by atoms with Gasteiger partial charge in [0.05, 0.1) is 4.88 Å². The number of carbonyl (C=O) groups is 2. The molecule has 15 heavy (non-hydrogen) atoms. The Morgan fingerprint density at radius 1 is 1.47 bits per heavy atom. The van der Waals surface area contributed by atoms with Crippen LogP contribution >= 0.6 is 11.3 Å². The van der Waals surface area contributed by atoms with Crippen molar-refractivity contribution in [3.8, 4) is 0 Å². The first-order valence-electron chi connectivity index (χ1n) is 4.60. The zero-order valence-corrected chi connectivity index (χ0v) is 9.56. The Bertz CT molecular complexity index is 393. The van der Waals surface area contributed by atoms with E-state index in [0.717, 1.165) is 10.4 Å². The van der Waals surface area contributed by atoms with E-state index in [1.807, 2.05) is 23.6 Å². The van der Waals surface area contributed by atoms with Crippen LogP contribution < -0.4 is 5.32 Å². The van der Waals surface area contributed by atoms with E-state index in [4.69, 9.17) is 0 Å². The van der Waals surface area contributed by atoms with Gasteiger partial charge in [-0.3, -0.25) is 9.59 Å². The molecule has 1 amide bonds. The average Bonchev–Trinajstić information content (AvgIpc) is 2.60. The van der Waals surface area contributed by atoms with E-state index >= 15 is 0 Å². The first kappa shape index (κ1) is 11.7. The van der Waals surface area contributed by atoms with Crippen LogP contribution in [0.25, 0.3) is 6.08 Å². The second kappa shape index (κ2) is 5.46. The van der Waals surface area contributed by atoms with Crippen LogP contribution in [-0.2, 0) is 4.79 Å². The van der Waals surface area contributed by atoms with E-state index in [-0.39, 0.29) is 11.7 Å². The minimum Gasteiger partial charge on any atom is -0.353 e. The maximum Gasteiger partial charge on any atom is 0.217 e. The van der Waals surface area contributed by atoms with Crippen molar-refractivity contribution in [2.24, 2.45) is 0 Å². The summed E-state index contributed by atoms with van der Waals surface area (Å²) in [6.07, 6.45) is 3.74. The lowest BCUT2D eigenvalue weighted by atomic mass is 10.2. The van der Waals surface area contributed by atoms with Crippen LogP contribution in [0.5, 0.6) is 0 Å². The predicted octanol–water partition coefficient (Wildman–Crippen LogP) is 2.10. The number of thiophene rings is 1. The summed E-state index contributed by atoms with van der Waals surface area (Å²) in [5, 5.41) is 4.57. The Labute approximate surface area is 92.8 Å². The quantitative estimate of drug-likeness (QED) is 0.794. The van der Waals surface area contributed by atoms with Gasteiger partial charge in [0.25, 0.3) is 0 Å². The van der Waals surface area contributed by atoms with Gasteiger partial charge in [0.2, 0.25) is 5.91 Å². The lowest BCUT2D eigenvalue weighted by Crippen LogP contribution is -2.19. The van der Waals surface area contributed by atoms with E-state index < -0.39 is 0 Å². The molecule has 0 fully saturated rings. The zero-order chi connectivity index (χ0) is 11.3. The van der Waals surface area contributed by atoms with E-state index in [9.17, 15) is 9.59 Å². The zero-order valence-electron chi connectivity index (χ0n) is 8.74. The van der Waals surface area contributed by atoms with Gasteiger partial charge >= 0.3 is 0 Å². The molecule has 1 rings (SSSR count).